The van der Waals surface area contributed by atoms with Gasteiger partial charge in [0.15, 0.2) is 0 Å². The number of benzene rings is 1. The van der Waals surface area contributed by atoms with Gasteiger partial charge >= 0.3 is 0 Å². The fourth-order valence-corrected chi connectivity index (χ4v) is 2.52. The second-order valence-electron chi connectivity index (χ2n) is 4.10. The molecule has 0 saturated heterocycles. The Balaban J connectivity index is 2.56. The minimum atomic E-state index is 0.210. The number of allylic oxidation sites excluding steroid dienone is 5. The predicted octanol–water partition coefficient (Wildman–Crippen LogP) is 4.91. The topological polar surface area (TPSA) is 0 Å². The normalized spacial score (nSPS) is 28.5. The molecule has 2 unspecified atom stereocenters. The Kier molecular flexibility index (Phi) is 3.45. The van der Waals surface area contributed by atoms with Crippen LogP contribution in [0.1, 0.15) is 28.8 Å². The summed E-state index contributed by atoms with van der Waals surface area (Å²) in [5, 5.41) is 0. The molecule has 0 fully saturated rings. The highest BCUT2D eigenvalue weighted by Crippen LogP contribution is 2.36. The van der Waals surface area contributed by atoms with E-state index in [0.717, 1.165) is 5.57 Å². The summed E-state index contributed by atoms with van der Waals surface area (Å²) in [5.41, 5.74) is 3.77. The Morgan fingerprint density at radius 2 is 1.81 bits per heavy atom. The molecule has 2 rings (SSSR count). The number of hydrogen-bond acceptors (Lipinski definition) is 0. The van der Waals surface area contributed by atoms with Crippen LogP contribution in [0.15, 0.2) is 60.7 Å². The molecule has 0 radical (unpaired) electrons. The summed E-state index contributed by atoms with van der Waals surface area (Å²) in [6.07, 6.45) is 8.43. The molecule has 0 N–H and O–H groups in total. The molecule has 0 aromatic heterocycles. The van der Waals surface area contributed by atoms with Crippen LogP contribution in [0.3, 0.4) is 0 Å². The van der Waals surface area contributed by atoms with Gasteiger partial charge in [-0.1, -0.05) is 78.0 Å². The Morgan fingerprint density at radius 1 is 1.12 bits per heavy atom. The van der Waals surface area contributed by atoms with Gasteiger partial charge in [0.25, 0.3) is 0 Å². The van der Waals surface area contributed by atoms with Crippen LogP contribution in [0.4, 0.5) is 0 Å². The van der Waals surface area contributed by atoms with Crippen molar-refractivity contribution in [3.05, 3.63) is 71.8 Å². The second-order valence-corrected chi connectivity index (χ2v) is 5.01. The van der Waals surface area contributed by atoms with Gasteiger partial charge in [-0.15, -0.1) is 0 Å². The van der Waals surface area contributed by atoms with Gasteiger partial charge < -0.3 is 0 Å². The van der Waals surface area contributed by atoms with Gasteiger partial charge in [-0.3, -0.25) is 0 Å². The number of alkyl halides is 1. The van der Waals surface area contributed by atoms with Crippen LogP contribution in [0.5, 0.6) is 0 Å². The zero-order valence-electron chi connectivity index (χ0n) is 9.36. The summed E-state index contributed by atoms with van der Waals surface area (Å²) < 4.78 is 0. The minimum absolute atomic E-state index is 0.210. The zero-order chi connectivity index (χ0) is 11.5. The average Bonchev–Trinajstić information content (AvgIpc) is 2.36. The third-order valence-corrected chi connectivity index (χ3v) is 3.99. The molecule has 0 saturated carbocycles. The Bertz CT molecular complexity index is 454. The SMILES string of the molecule is C=C1/C=C\C=C/C(C)c2ccccc2C1Br. The van der Waals surface area contributed by atoms with E-state index in [1.807, 2.05) is 0 Å². The molecule has 16 heavy (non-hydrogen) atoms. The van der Waals surface area contributed by atoms with Crippen molar-refractivity contribution < 1.29 is 0 Å². The smallest absolute Gasteiger partial charge is 0.0641 e. The lowest BCUT2D eigenvalue weighted by Gasteiger charge is -2.17. The molecule has 1 heteroatoms. The van der Waals surface area contributed by atoms with Crippen LogP contribution >= 0.6 is 15.9 Å². The molecule has 0 heterocycles. The van der Waals surface area contributed by atoms with E-state index in [-0.39, 0.29) is 4.83 Å². The minimum Gasteiger partial charge on any atom is -0.0944 e. The molecule has 0 bridgehead atoms. The second kappa shape index (κ2) is 4.84. The first-order chi connectivity index (χ1) is 7.70. The van der Waals surface area contributed by atoms with Crippen LogP contribution < -0.4 is 0 Å². The molecule has 0 amide bonds. The molecule has 0 spiro atoms. The highest BCUT2D eigenvalue weighted by atomic mass is 79.9. The monoisotopic (exact) mass is 274 g/mol. The first-order valence-corrected chi connectivity index (χ1v) is 6.38. The molecule has 1 aliphatic carbocycles. The summed E-state index contributed by atoms with van der Waals surface area (Å²) in [6.45, 7) is 6.31. The molecule has 1 aromatic carbocycles. The fourth-order valence-electron chi connectivity index (χ4n) is 1.95. The highest BCUT2D eigenvalue weighted by molar-refractivity contribution is 9.09. The average molecular weight is 275 g/mol. The van der Waals surface area contributed by atoms with Gasteiger partial charge in [-0.05, 0) is 22.6 Å². The summed E-state index contributed by atoms with van der Waals surface area (Å²) in [4.78, 5) is 0.210. The zero-order valence-corrected chi connectivity index (χ0v) is 10.9. The van der Waals surface area contributed by atoms with E-state index in [0.29, 0.717) is 5.92 Å². The van der Waals surface area contributed by atoms with E-state index in [2.05, 4.69) is 78.0 Å². The van der Waals surface area contributed by atoms with Crippen molar-refractivity contribution in [2.24, 2.45) is 0 Å². The van der Waals surface area contributed by atoms with E-state index >= 15 is 0 Å². The standard InChI is InChI=1S/C15H15Br/c1-11-7-3-4-8-12(2)15(16)14-10-6-5-9-13(11)14/h3-11,15H,2H2,1H3/b7-3-,8-4-. The van der Waals surface area contributed by atoms with Crippen LogP contribution in [0, 0.1) is 0 Å². The molecule has 2 atom stereocenters. The molecule has 1 aromatic rings. The summed E-state index contributed by atoms with van der Waals surface area (Å²) in [7, 11) is 0. The Labute approximate surface area is 106 Å². The van der Waals surface area contributed by atoms with E-state index < -0.39 is 0 Å². The molecular formula is C15H15Br. The lowest BCUT2D eigenvalue weighted by atomic mass is 9.92. The largest absolute Gasteiger partial charge is 0.0944 e. The van der Waals surface area contributed by atoms with Crippen molar-refractivity contribution in [2.45, 2.75) is 17.7 Å². The lowest BCUT2D eigenvalue weighted by Crippen LogP contribution is -1.99. The van der Waals surface area contributed by atoms with E-state index in [1.54, 1.807) is 0 Å². The molecule has 82 valence electrons. The van der Waals surface area contributed by atoms with Crippen LogP contribution in [-0.2, 0) is 0 Å². The van der Waals surface area contributed by atoms with Gasteiger partial charge in [0.05, 0.1) is 4.83 Å². The number of rotatable bonds is 0. The van der Waals surface area contributed by atoms with Gasteiger partial charge in [0.2, 0.25) is 0 Å². The fraction of sp³-hybridized carbons (Fsp3) is 0.200. The summed E-state index contributed by atoms with van der Waals surface area (Å²) >= 11 is 3.72. The summed E-state index contributed by atoms with van der Waals surface area (Å²) in [5.74, 6) is 0.437. The number of hydrogen-bond donors (Lipinski definition) is 0. The molecule has 0 aliphatic heterocycles. The van der Waals surface area contributed by atoms with E-state index in [9.17, 15) is 0 Å². The van der Waals surface area contributed by atoms with Crippen molar-refractivity contribution in [2.75, 3.05) is 0 Å². The number of halogens is 1. The Morgan fingerprint density at radius 3 is 2.56 bits per heavy atom. The highest BCUT2D eigenvalue weighted by Gasteiger charge is 2.16. The van der Waals surface area contributed by atoms with Gasteiger partial charge in [-0.2, -0.15) is 0 Å². The third kappa shape index (κ3) is 2.19. The predicted molar refractivity (Wildman–Crippen MR) is 73.9 cm³/mol. The maximum Gasteiger partial charge on any atom is 0.0641 e. The van der Waals surface area contributed by atoms with Crippen molar-refractivity contribution in [1.29, 1.82) is 0 Å². The van der Waals surface area contributed by atoms with Crippen LogP contribution in [0.2, 0.25) is 0 Å². The van der Waals surface area contributed by atoms with E-state index in [4.69, 9.17) is 0 Å². The number of fused-ring (bicyclic) bond motifs is 1. The Hall–Kier alpha value is -1.08. The van der Waals surface area contributed by atoms with Gasteiger partial charge in [-0.25, -0.2) is 0 Å². The first kappa shape index (κ1) is 11.4. The van der Waals surface area contributed by atoms with Gasteiger partial charge in [0, 0.05) is 0 Å². The van der Waals surface area contributed by atoms with Crippen molar-refractivity contribution in [3.63, 3.8) is 0 Å². The van der Waals surface area contributed by atoms with Crippen molar-refractivity contribution in [3.8, 4) is 0 Å². The van der Waals surface area contributed by atoms with Crippen molar-refractivity contribution >= 4 is 15.9 Å². The van der Waals surface area contributed by atoms with E-state index in [1.165, 1.54) is 11.1 Å². The van der Waals surface area contributed by atoms with Gasteiger partial charge in [0.1, 0.15) is 0 Å². The summed E-state index contributed by atoms with van der Waals surface area (Å²) in [6, 6.07) is 8.54. The molecule has 1 aliphatic rings. The lowest BCUT2D eigenvalue weighted by molar-refractivity contribution is 0.938. The first-order valence-electron chi connectivity index (χ1n) is 5.46. The molecule has 0 nitrogen and oxygen atoms in total. The third-order valence-electron chi connectivity index (χ3n) is 2.91. The molecular weight excluding hydrogens is 260 g/mol. The van der Waals surface area contributed by atoms with Crippen LogP contribution in [0.25, 0.3) is 0 Å². The quantitative estimate of drug-likeness (QED) is 0.590. The maximum atomic E-state index is 4.09. The maximum absolute atomic E-state index is 4.09. The van der Waals surface area contributed by atoms with Crippen LogP contribution in [-0.4, -0.2) is 0 Å². The van der Waals surface area contributed by atoms with Crippen molar-refractivity contribution in [1.82, 2.24) is 0 Å².